The Morgan fingerprint density at radius 1 is 1.07 bits per heavy atom. The second-order valence-electron chi connectivity index (χ2n) is 5.54. The van der Waals surface area contributed by atoms with Gasteiger partial charge in [0.05, 0.1) is 4.90 Å². The van der Waals surface area contributed by atoms with Crippen LogP contribution in [0, 0.1) is 5.82 Å². The lowest BCUT2D eigenvalue weighted by Gasteiger charge is -2.10. The minimum atomic E-state index is -5.50. The van der Waals surface area contributed by atoms with Gasteiger partial charge in [-0.05, 0) is 48.5 Å². The number of sulfone groups is 1. The van der Waals surface area contributed by atoms with E-state index in [-0.39, 0.29) is 16.9 Å². The van der Waals surface area contributed by atoms with Gasteiger partial charge in [-0.15, -0.1) is 0 Å². The quantitative estimate of drug-likeness (QED) is 0.664. The van der Waals surface area contributed by atoms with Crippen LogP contribution in [0.2, 0.25) is 0 Å². The third-order valence-electron chi connectivity index (χ3n) is 3.69. The first-order chi connectivity index (χ1) is 13.1. The molecule has 146 valence electrons. The number of aromatic nitrogens is 2. The topological polar surface area (TPSA) is 81.1 Å². The predicted octanol–water partition coefficient (Wildman–Crippen LogP) is 3.56. The van der Waals surface area contributed by atoms with Gasteiger partial charge in [-0.1, -0.05) is 0 Å². The number of nitrogens with zero attached hydrogens (tertiary/aromatic N) is 2. The summed E-state index contributed by atoms with van der Waals surface area (Å²) in [4.78, 5) is 11.2. The minimum Gasteiger partial charge on any atom is -0.322 e. The van der Waals surface area contributed by atoms with E-state index in [1.807, 2.05) is 0 Å². The van der Waals surface area contributed by atoms with Crippen LogP contribution in [0.1, 0.15) is 10.4 Å². The summed E-state index contributed by atoms with van der Waals surface area (Å²) in [5, 5.41) is 6.27. The Bertz CT molecular complexity index is 1110. The molecule has 0 aliphatic carbocycles. The van der Waals surface area contributed by atoms with Crippen LogP contribution < -0.4 is 5.32 Å². The standard InChI is InChI=1S/C17H11F4N3O3S/c18-14-10-12(4-7-15(14)24-9-1-8-22-24)23-16(25)11-2-5-13(6-3-11)28(26,27)17(19,20)21/h1-10H,(H,23,25). The van der Waals surface area contributed by atoms with E-state index in [0.29, 0.717) is 12.1 Å². The maximum Gasteiger partial charge on any atom is 0.501 e. The van der Waals surface area contributed by atoms with Gasteiger partial charge in [-0.2, -0.15) is 18.3 Å². The molecule has 0 aliphatic heterocycles. The van der Waals surface area contributed by atoms with Crippen molar-refractivity contribution in [1.29, 1.82) is 0 Å². The average molecular weight is 413 g/mol. The third kappa shape index (κ3) is 3.74. The summed E-state index contributed by atoms with van der Waals surface area (Å²) < 4.78 is 75.7. The molecule has 1 amide bonds. The monoisotopic (exact) mass is 413 g/mol. The number of benzene rings is 2. The summed E-state index contributed by atoms with van der Waals surface area (Å²) in [6.45, 7) is 0. The highest BCUT2D eigenvalue weighted by Crippen LogP contribution is 2.30. The lowest BCUT2D eigenvalue weighted by atomic mass is 10.2. The molecule has 0 fully saturated rings. The van der Waals surface area contributed by atoms with E-state index in [1.54, 1.807) is 6.07 Å². The van der Waals surface area contributed by atoms with Crippen molar-refractivity contribution in [2.24, 2.45) is 0 Å². The molecule has 0 aliphatic rings. The first kappa shape index (κ1) is 19.5. The van der Waals surface area contributed by atoms with E-state index in [2.05, 4.69) is 10.4 Å². The summed E-state index contributed by atoms with van der Waals surface area (Å²) in [5.41, 5.74) is -5.28. The van der Waals surface area contributed by atoms with E-state index in [1.165, 1.54) is 29.2 Å². The molecule has 28 heavy (non-hydrogen) atoms. The van der Waals surface area contributed by atoms with E-state index in [9.17, 15) is 30.8 Å². The molecule has 0 atom stereocenters. The van der Waals surface area contributed by atoms with Crippen LogP contribution in [-0.2, 0) is 9.84 Å². The third-order valence-corrected chi connectivity index (χ3v) is 5.19. The maximum atomic E-state index is 14.2. The average Bonchev–Trinajstić information content (AvgIpc) is 3.15. The highest BCUT2D eigenvalue weighted by atomic mass is 32.2. The lowest BCUT2D eigenvalue weighted by molar-refractivity contribution is -0.0436. The zero-order valence-corrected chi connectivity index (χ0v) is 14.6. The lowest BCUT2D eigenvalue weighted by Crippen LogP contribution is -2.23. The molecule has 0 radical (unpaired) electrons. The summed E-state index contributed by atoms with van der Waals surface area (Å²) in [6, 6.07) is 8.69. The highest BCUT2D eigenvalue weighted by molar-refractivity contribution is 7.92. The van der Waals surface area contributed by atoms with Gasteiger partial charge in [0, 0.05) is 23.6 Å². The van der Waals surface area contributed by atoms with Crippen molar-refractivity contribution >= 4 is 21.4 Å². The SMILES string of the molecule is O=C(Nc1ccc(-n2cccn2)c(F)c1)c1ccc(S(=O)(=O)C(F)(F)F)cc1. The smallest absolute Gasteiger partial charge is 0.322 e. The Kier molecular flexibility index (Phi) is 4.94. The Morgan fingerprint density at radius 3 is 2.29 bits per heavy atom. The fourth-order valence-corrected chi connectivity index (χ4v) is 3.07. The normalized spacial score (nSPS) is 12.0. The van der Waals surface area contributed by atoms with Crippen molar-refractivity contribution in [2.75, 3.05) is 5.32 Å². The van der Waals surface area contributed by atoms with Crippen LogP contribution in [0.5, 0.6) is 0 Å². The first-order valence-electron chi connectivity index (χ1n) is 7.62. The molecule has 11 heteroatoms. The Balaban J connectivity index is 1.78. The number of carbonyl (C=O) groups is 1. The molecule has 2 aromatic carbocycles. The van der Waals surface area contributed by atoms with Crippen LogP contribution in [0.3, 0.4) is 0 Å². The Morgan fingerprint density at radius 2 is 1.75 bits per heavy atom. The van der Waals surface area contributed by atoms with Crippen LogP contribution >= 0.6 is 0 Å². The van der Waals surface area contributed by atoms with E-state index in [4.69, 9.17) is 0 Å². The molecule has 1 heterocycles. The van der Waals surface area contributed by atoms with Gasteiger partial charge in [-0.25, -0.2) is 17.5 Å². The van der Waals surface area contributed by atoms with Crippen molar-refractivity contribution in [2.45, 2.75) is 10.4 Å². The van der Waals surface area contributed by atoms with Crippen molar-refractivity contribution in [3.05, 3.63) is 72.3 Å². The van der Waals surface area contributed by atoms with E-state index >= 15 is 0 Å². The number of nitrogens with one attached hydrogen (secondary N) is 1. The molecule has 1 aromatic heterocycles. The molecular weight excluding hydrogens is 402 g/mol. The molecule has 3 rings (SSSR count). The molecule has 0 saturated carbocycles. The van der Waals surface area contributed by atoms with Crippen molar-refractivity contribution in [1.82, 2.24) is 9.78 Å². The van der Waals surface area contributed by atoms with Gasteiger partial charge in [-0.3, -0.25) is 4.79 Å². The summed E-state index contributed by atoms with van der Waals surface area (Å²) in [6.07, 6.45) is 3.00. The molecular formula is C17H11F4N3O3S. The van der Waals surface area contributed by atoms with Gasteiger partial charge >= 0.3 is 5.51 Å². The number of halogens is 4. The number of alkyl halides is 3. The van der Waals surface area contributed by atoms with E-state index in [0.717, 1.165) is 18.2 Å². The second kappa shape index (κ2) is 7.08. The van der Waals surface area contributed by atoms with Gasteiger partial charge in [0.1, 0.15) is 5.69 Å². The van der Waals surface area contributed by atoms with Crippen LogP contribution in [0.15, 0.2) is 65.8 Å². The summed E-state index contributed by atoms with van der Waals surface area (Å²) >= 11 is 0. The molecule has 0 unspecified atom stereocenters. The zero-order valence-electron chi connectivity index (χ0n) is 13.8. The van der Waals surface area contributed by atoms with Crippen LogP contribution in [0.4, 0.5) is 23.2 Å². The molecule has 0 bridgehead atoms. The summed E-state index contributed by atoms with van der Waals surface area (Å²) in [7, 11) is -5.50. The first-order valence-corrected chi connectivity index (χ1v) is 9.10. The summed E-state index contributed by atoms with van der Waals surface area (Å²) in [5.74, 6) is -1.41. The van der Waals surface area contributed by atoms with Crippen LogP contribution in [-0.4, -0.2) is 29.6 Å². The van der Waals surface area contributed by atoms with Gasteiger partial charge in [0.15, 0.2) is 5.82 Å². The highest BCUT2D eigenvalue weighted by Gasteiger charge is 2.46. The molecule has 6 nitrogen and oxygen atoms in total. The number of carbonyl (C=O) groups excluding carboxylic acids is 1. The van der Waals surface area contributed by atoms with Gasteiger partial charge < -0.3 is 5.32 Å². The van der Waals surface area contributed by atoms with E-state index < -0.39 is 32.0 Å². The number of rotatable bonds is 4. The molecule has 1 N–H and O–H groups in total. The van der Waals surface area contributed by atoms with Crippen LogP contribution in [0.25, 0.3) is 5.69 Å². The van der Waals surface area contributed by atoms with Gasteiger partial charge in [0.25, 0.3) is 15.7 Å². The zero-order chi connectivity index (χ0) is 20.5. The maximum absolute atomic E-state index is 14.2. The van der Waals surface area contributed by atoms with Crippen molar-refractivity contribution in [3.8, 4) is 5.69 Å². The van der Waals surface area contributed by atoms with Crippen molar-refractivity contribution < 1.29 is 30.8 Å². The number of amides is 1. The minimum absolute atomic E-state index is 0.0994. The van der Waals surface area contributed by atoms with Gasteiger partial charge in [0.2, 0.25) is 0 Å². The van der Waals surface area contributed by atoms with Crippen molar-refractivity contribution in [3.63, 3.8) is 0 Å². The number of hydrogen-bond donors (Lipinski definition) is 1. The molecule has 0 saturated heterocycles. The number of anilines is 1. The Hall–Kier alpha value is -3.21. The second-order valence-corrected chi connectivity index (χ2v) is 7.49. The fourth-order valence-electron chi connectivity index (χ4n) is 2.30. The molecule has 3 aromatic rings. The largest absolute Gasteiger partial charge is 0.501 e. The fraction of sp³-hybridized carbons (Fsp3) is 0.0588. The predicted molar refractivity (Wildman–Crippen MR) is 91.2 cm³/mol. The number of hydrogen-bond acceptors (Lipinski definition) is 4. The Labute approximate surface area is 156 Å². The molecule has 0 spiro atoms.